The molecule has 24 heavy (non-hydrogen) atoms. The van der Waals surface area contributed by atoms with Gasteiger partial charge in [0.25, 0.3) is 0 Å². The molecule has 0 radical (unpaired) electrons. The number of fused-ring (bicyclic) bond motifs is 1. The number of aromatic nitrogens is 4. The van der Waals surface area contributed by atoms with E-state index in [4.69, 9.17) is 4.98 Å². The smallest absolute Gasteiger partial charge is 0.124 e. The number of benzene rings is 1. The zero-order valence-electron chi connectivity index (χ0n) is 14.3. The van der Waals surface area contributed by atoms with E-state index in [0.29, 0.717) is 0 Å². The van der Waals surface area contributed by atoms with E-state index in [9.17, 15) is 0 Å². The molecule has 0 unspecified atom stereocenters. The zero-order chi connectivity index (χ0) is 16.4. The van der Waals surface area contributed by atoms with Gasteiger partial charge in [-0.25, -0.2) is 4.98 Å². The lowest BCUT2D eigenvalue weighted by Crippen LogP contribution is -2.35. The quantitative estimate of drug-likeness (QED) is 0.724. The molecular formula is C19H25N5. The van der Waals surface area contributed by atoms with Gasteiger partial charge in [-0.15, -0.1) is 0 Å². The largest absolute Gasteiger partial charge is 0.327 e. The SMILES string of the molecule is CCn1c(CN2CCC(Cn3cccn3)CC2)nc2ccccc21. The molecule has 4 rings (SSSR count). The van der Waals surface area contributed by atoms with Crippen molar-refractivity contribution >= 4 is 11.0 Å². The predicted molar refractivity (Wildman–Crippen MR) is 95.6 cm³/mol. The molecule has 2 aromatic heterocycles. The highest BCUT2D eigenvalue weighted by atomic mass is 15.3. The fraction of sp³-hybridized carbons (Fsp3) is 0.474. The number of nitrogens with zero attached hydrogens (tertiary/aromatic N) is 5. The van der Waals surface area contributed by atoms with E-state index in [1.54, 1.807) is 0 Å². The number of para-hydroxylation sites is 2. The van der Waals surface area contributed by atoms with Crippen molar-refractivity contribution in [2.24, 2.45) is 5.92 Å². The lowest BCUT2D eigenvalue weighted by atomic mass is 9.97. The Labute approximate surface area is 142 Å². The summed E-state index contributed by atoms with van der Waals surface area (Å²) in [5, 5.41) is 4.33. The van der Waals surface area contributed by atoms with E-state index >= 15 is 0 Å². The van der Waals surface area contributed by atoms with Crippen molar-refractivity contribution in [3.8, 4) is 0 Å². The zero-order valence-corrected chi connectivity index (χ0v) is 14.3. The van der Waals surface area contributed by atoms with Gasteiger partial charge in [-0.2, -0.15) is 5.10 Å². The third kappa shape index (κ3) is 3.08. The van der Waals surface area contributed by atoms with E-state index in [1.807, 2.05) is 12.3 Å². The molecule has 1 saturated heterocycles. The van der Waals surface area contributed by atoms with Gasteiger partial charge in [0, 0.05) is 25.5 Å². The van der Waals surface area contributed by atoms with Crippen molar-refractivity contribution in [3.05, 3.63) is 48.5 Å². The van der Waals surface area contributed by atoms with Crippen molar-refractivity contribution in [1.29, 1.82) is 0 Å². The average molecular weight is 323 g/mol. The Kier molecular flexibility index (Phi) is 4.34. The minimum Gasteiger partial charge on any atom is -0.327 e. The number of piperidine rings is 1. The van der Waals surface area contributed by atoms with Crippen LogP contribution >= 0.6 is 0 Å². The second kappa shape index (κ2) is 6.77. The summed E-state index contributed by atoms with van der Waals surface area (Å²) in [6, 6.07) is 10.5. The van der Waals surface area contributed by atoms with E-state index in [0.717, 1.165) is 44.2 Å². The summed E-state index contributed by atoms with van der Waals surface area (Å²) in [4.78, 5) is 7.41. The van der Waals surface area contributed by atoms with Gasteiger partial charge in [0.2, 0.25) is 0 Å². The van der Waals surface area contributed by atoms with Crippen LogP contribution in [-0.2, 0) is 19.6 Å². The lowest BCUT2D eigenvalue weighted by Gasteiger charge is -2.31. The Balaban J connectivity index is 1.40. The number of likely N-dealkylation sites (tertiary alicyclic amines) is 1. The molecule has 1 fully saturated rings. The summed E-state index contributed by atoms with van der Waals surface area (Å²) < 4.78 is 4.42. The van der Waals surface area contributed by atoms with Gasteiger partial charge in [-0.1, -0.05) is 12.1 Å². The van der Waals surface area contributed by atoms with Gasteiger partial charge in [0.05, 0.1) is 17.6 Å². The molecule has 0 N–H and O–H groups in total. The Bertz CT molecular complexity index is 781. The molecule has 0 bridgehead atoms. The predicted octanol–water partition coefficient (Wildman–Crippen LogP) is 3.16. The fourth-order valence-corrected chi connectivity index (χ4v) is 3.80. The van der Waals surface area contributed by atoms with Crippen molar-refractivity contribution in [2.75, 3.05) is 13.1 Å². The number of hydrogen-bond donors (Lipinski definition) is 0. The molecule has 126 valence electrons. The van der Waals surface area contributed by atoms with Crippen molar-refractivity contribution in [3.63, 3.8) is 0 Å². The summed E-state index contributed by atoms with van der Waals surface area (Å²) in [7, 11) is 0. The molecule has 0 aliphatic carbocycles. The van der Waals surface area contributed by atoms with Crippen LogP contribution in [0.5, 0.6) is 0 Å². The Hall–Kier alpha value is -2.14. The third-order valence-electron chi connectivity index (χ3n) is 5.13. The van der Waals surface area contributed by atoms with Crippen LogP contribution in [0.4, 0.5) is 0 Å². The van der Waals surface area contributed by atoms with Crippen LogP contribution in [0.25, 0.3) is 11.0 Å². The molecule has 0 atom stereocenters. The normalized spacial score (nSPS) is 16.9. The molecule has 0 amide bonds. The number of aryl methyl sites for hydroxylation is 1. The highest BCUT2D eigenvalue weighted by molar-refractivity contribution is 5.75. The Morgan fingerprint density at radius 2 is 1.96 bits per heavy atom. The minimum absolute atomic E-state index is 0.742. The van der Waals surface area contributed by atoms with E-state index < -0.39 is 0 Å². The second-order valence-electron chi connectivity index (χ2n) is 6.71. The molecular weight excluding hydrogens is 298 g/mol. The first-order valence-electron chi connectivity index (χ1n) is 8.97. The number of hydrogen-bond acceptors (Lipinski definition) is 3. The maximum atomic E-state index is 4.86. The van der Waals surface area contributed by atoms with Gasteiger partial charge in [-0.05, 0) is 57.0 Å². The number of rotatable bonds is 5. The van der Waals surface area contributed by atoms with Crippen LogP contribution in [0.3, 0.4) is 0 Å². The summed E-state index contributed by atoms with van der Waals surface area (Å²) >= 11 is 0. The van der Waals surface area contributed by atoms with Gasteiger partial charge in [0.1, 0.15) is 5.82 Å². The summed E-state index contributed by atoms with van der Waals surface area (Å²) in [5.41, 5.74) is 2.37. The topological polar surface area (TPSA) is 38.9 Å². The molecule has 0 spiro atoms. The molecule has 3 aromatic rings. The highest BCUT2D eigenvalue weighted by Crippen LogP contribution is 2.22. The standard InChI is InChI=1S/C19H25N5/c1-2-24-18-7-4-3-6-17(18)21-19(24)15-22-12-8-16(9-13-22)14-23-11-5-10-20-23/h3-7,10-11,16H,2,8-9,12-15H2,1H3. The van der Waals surface area contributed by atoms with Gasteiger partial charge in [0.15, 0.2) is 0 Å². The summed E-state index contributed by atoms with van der Waals surface area (Å²) in [6.45, 7) is 7.49. The third-order valence-corrected chi connectivity index (χ3v) is 5.13. The van der Waals surface area contributed by atoms with E-state index in [1.165, 1.54) is 24.2 Å². The first kappa shape index (κ1) is 15.4. The molecule has 3 heterocycles. The molecule has 5 nitrogen and oxygen atoms in total. The molecule has 0 saturated carbocycles. The average Bonchev–Trinajstić information content (AvgIpc) is 3.23. The highest BCUT2D eigenvalue weighted by Gasteiger charge is 2.21. The molecule has 5 heteroatoms. The first-order valence-corrected chi connectivity index (χ1v) is 8.97. The first-order chi connectivity index (χ1) is 11.8. The number of imidazole rings is 1. The van der Waals surface area contributed by atoms with Gasteiger partial charge < -0.3 is 4.57 Å². The maximum Gasteiger partial charge on any atom is 0.124 e. The van der Waals surface area contributed by atoms with E-state index in [-0.39, 0.29) is 0 Å². The van der Waals surface area contributed by atoms with Crippen LogP contribution in [0.2, 0.25) is 0 Å². The monoisotopic (exact) mass is 323 g/mol. The Morgan fingerprint density at radius 3 is 2.71 bits per heavy atom. The van der Waals surface area contributed by atoms with Crippen LogP contribution in [0, 0.1) is 5.92 Å². The van der Waals surface area contributed by atoms with Crippen LogP contribution < -0.4 is 0 Å². The van der Waals surface area contributed by atoms with Gasteiger partial charge >= 0.3 is 0 Å². The van der Waals surface area contributed by atoms with Gasteiger partial charge in [-0.3, -0.25) is 9.58 Å². The second-order valence-corrected chi connectivity index (χ2v) is 6.71. The van der Waals surface area contributed by atoms with Crippen LogP contribution in [-0.4, -0.2) is 37.3 Å². The van der Waals surface area contributed by atoms with Crippen LogP contribution in [0.1, 0.15) is 25.6 Å². The molecule has 1 aliphatic rings. The molecule has 1 aromatic carbocycles. The molecule has 1 aliphatic heterocycles. The van der Waals surface area contributed by atoms with E-state index in [2.05, 4.69) is 56.6 Å². The minimum atomic E-state index is 0.742. The van der Waals surface area contributed by atoms with Crippen molar-refractivity contribution in [1.82, 2.24) is 24.2 Å². The van der Waals surface area contributed by atoms with Crippen molar-refractivity contribution < 1.29 is 0 Å². The fourth-order valence-electron chi connectivity index (χ4n) is 3.80. The summed E-state index contributed by atoms with van der Waals surface area (Å²) in [5.74, 6) is 1.94. The van der Waals surface area contributed by atoms with Crippen molar-refractivity contribution in [2.45, 2.75) is 39.4 Å². The van der Waals surface area contributed by atoms with Crippen LogP contribution in [0.15, 0.2) is 42.7 Å². The summed E-state index contributed by atoms with van der Waals surface area (Å²) in [6.07, 6.45) is 6.42. The maximum absolute atomic E-state index is 4.86. The lowest BCUT2D eigenvalue weighted by molar-refractivity contribution is 0.160. The Morgan fingerprint density at radius 1 is 1.12 bits per heavy atom.